The number of amides is 1. The first-order valence-corrected chi connectivity index (χ1v) is 10.1. The summed E-state index contributed by atoms with van der Waals surface area (Å²) in [6, 6.07) is 8.55. The van der Waals surface area contributed by atoms with E-state index in [1.165, 1.54) is 0 Å². The zero-order valence-corrected chi connectivity index (χ0v) is 17.2. The molecule has 0 unspecified atom stereocenters. The molecule has 164 valence electrons. The van der Waals surface area contributed by atoms with E-state index >= 15 is 0 Å². The minimum atomic E-state index is -0.579. The van der Waals surface area contributed by atoms with Gasteiger partial charge in [-0.2, -0.15) is 5.10 Å². The van der Waals surface area contributed by atoms with Crippen LogP contribution < -0.4 is 10.1 Å². The lowest BCUT2D eigenvalue weighted by Gasteiger charge is -2.26. The molecule has 0 saturated carbocycles. The molecule has 2 aromatic carbocycles. The summed E-state index contributed by atoms with van der Waals surface area (Å²) in [5.41, 5.74) is 1.01. The maximum atomic E-state index is 13.9. The average Bonchev–Trinajstić information content (AvgIpc) is 3.18. The van der Waals surface area contributed by atoms with Crippen molar-refractivity contribution >= 4 is 16.8 Å². The third-order valence-corrected chi connectivity index (χ3v) is 5.35. The number of carbonyl (C=O) groups excluding carboxylic acids is 1. The molecule has 0 radical (unpaired) electrons. The first-order chi connectivity index (χ1) is 15.1. The normalized spacial score (nSPS) is 14.7. The standard InChI is InChI=1S/C22H24F2N4O3/c1-30-19-4-2-3-17-20(22(29)25-14-15-13-16(23)5-6-18(15)24)26-28(21(17)19)8-7-27-9-11-31-12-10-27/h2-6,13H,7-12,14H2,1H3,(H,25,29). The van der Waals surface area contributed by atoms with Crippen molar-refractivity contribution in [3.8, 4) is 5.75 Å². The van der Waals surface area contributed by atoms with Crippen molar-refractivity contribution in [2.45, 2.75) is 13.1 Å². The number of ether oxygens (including phenoxy) is 2. The van der Waals surface area contributed by atoms with Gasteiger partial charge in [0.25, 0.3) is 5.91 Å². The van der Waals surface area contributed by atoms with Crippen LogP contribution in [0.1, 0.15) is 16.1 Å². The fourth-order valence-corrected chi connectivity index (χ4v) is 3.70. The molecule has 0 spiro atoms. The molecule has 4 rings (SSSR count). The quantitative estimate of drug-likeness (QED) is 0.624. The van der Waals surface area contributed by atoms with Crippen LogP contribution in [-0.4, -0.2) is 60.5 Å². The van der Waals surface area contributed by atoms with Crippen LogP contribution in [0.5, 0.6) is 5.75 Å². The van der Waals surface area contributed by atoms with Crippen LogP contribution in [0, 0.1) is 11.6 Å². The number of hydrogen-bond acceptors (Lipinski definition) is 5. The van der Waals surface area contributed by atoms with Crippen LogP contribution in [-0.2, 0) is 17.8 Å². The Balaban J connectivity index is 1.57. The molecule has 9 heteroatoms. The van der Waals surface area contributed by atoms with Crippen molar-refractivity contribution in [2.24, 2.45) is 0 Å². The van der Waals surface area contributed by atoms with E-state index in [0.717, 1.165) is 43.4 Å². The lowest BCUT2D eigenvalue weighted by molar-refractivity contribution is 0.0361. The Morgan fingerprint density at radius 3 is 2.77 bits per heavy atom. The molecule has 1 aliphatic heterocycles. The molecule has 1 N–H and O–H groups in total. The van der Waals surface area contributed by atoms with Crippen molar-refractivity contribution in [3.63, 3.8) is 0 Å². The third-order valence-electron chi connectivity index (χ3n) is 5.35. The van der Waals surface area contributed by atoms with Crippen LogP contribution >= 0.6 is 0 Å². The van der Waals surface area contributed by atoms with E-state index in [1.807, 2.05) is 6.07 Å². The zero-order valence-electron chi connectivity index (χ0n) is 17.2. The molecule has 0 aliphatic carbocycles. The number of morpholine rings is 1. The van der Waals surface area contributed by atoms with E-state index in [4.69, 9.17) is 9.47 Å². The highest BCUT2D eigenvalue weighted by Crippen LogP contribution is 2.28. The Labute approximate surface area is 178 Å². The van der Waals surface area contributed by atoms with Crippen molar-refractivity contribution in [3.05, 3.63) is 59.3 Å². The Bertz CT molecular complexity index is 1080. The van der Waals surface area contributed by atoms with Gasteiger partial charge in [0.05, 0.1) is 26.9 Å². The Kier molecular flexibility index (Phi) is 6.43. The van der Waals surface area contributed by atoms with E-state index < -0.39 is 17.5 Å². The Morgan fingerprint density at radius 2 is 2.00 bits per heavy atom. The SMILES string of the molecule is COc1cccc2c(C(=O)NCc3cc(F)ccc3F)nn(CCN3CCOCC3)c12. The predicted octanol–water partition coefficient (Wildman–Crippen LogP) is 2.59. The Morgan fingerprint density at radius 1 is 1.19 bits per heavy atom. The van der Waals surface area contributed by atoms with Crippen molar-refractivity contribution in [2.75, 3.05) is 40.0 Å². The second kappa shape index (κ2) is 9.40. The molecule has 1 aliphatic rings. The molecular formula is C22H24F2N4O3. The molecule has 7 nitrogen and oxygen atoms in total. The summed E-state index contributed by atoms with van der Waals surface area (Å²) in [5, 5.41) is 7.81. The maximum absolute atomic E-state index is 13.9. The molecule has 1 aromatic heterocycles. The number of methoxy groups -OCH3 is 1. The van der Waals surface area contributed by atoms with Crippen molar-refractivity contribution in [1.29, 1.82) is 0 Å². The molecular weight excluding hydrogens is 406 g/mol. The zero-order chi connectivity index (χ0) is 21.8. The van der Waals surface area contributed by atoms with Crippen LogP contribution in [0.3, 0.4) is 0 Å². The van der Waals surface area contributed by atoms with Gasteiger partial charge in [0, 0.05) is 37.1 Å². The van der Waals surface area contributed by atoms with E-state index in [0.29, 0.717) is 30.9 Å². The highest BCUT2D eigenvalue weighted by molar-refractivity contribution is 6.06. The fraction of sp³-hybridized carbons (Fsp3) is 0.364. The topological polar surface area (TPSA) is 68.6 Å². The molecule has 3 aromatic rings. The average molecular weight is 430 g/mol. The van der Waals surface area contributed by atoms with Crippen LogP contribution in [0.2, 0.25) is 0 Å². The highest BCUT2D eigenvalue weighted by Gasteiger charge is 2.21. The number of carbonyl (C=O) groups is 1. The van der Waals surface area contributed by atoms with Gasteiger partial charge in [-0.15, -0.1) is 0 Å². The smallest absolute Gasteiger partial charge is 0.272 e. The van der Waals surface area contributed by atoms with Crippen LogP contribution in [0.25, 0.3) is 10.9 Å². The second-order valence-corrected chi connectivity index (χ2v) is 7.30. The number of benzene rings is 2. The summed E-state index contributed by atoms with van der Waals surface area (Å²) in [6.07, 6.45) is 0. The van der Waals surface area contributed by atoms with Crippen molar-refractivity contribution < 1.29 is 23.0 Å². The third kappa shape index (κ3) is 4.67. The lowest BCUT2D eigenvalue weighted by Crippen LogP contribution is -2.38. The van der Waals surface area contributed by atoms with E-state index in [-0.39, 0.29) is 17.8 Å². The molecule has 0 bridgehead atoms. The van der Waals surface area contributed by atoms with Gasteiger partial charge in [-0.1, -0.05) is 12.1 Å². The van der Waals surface area contributed by atoms with Crippen LogP contribution in [0.4, 0.5) is 8.78 Å². The van der Waals surface area contributed by atoms with Gasteiger partial charge in [0.1, 0.15) is 22.9 Å². The van der Waals surface area contributed by atoms with Gasteiger partial charge in [-0.25, -0.2) is 8.78 Å². The molecule has 2 heterocycles. The highest BCUT2D eigenvalue weighted by atomic mass is 19.1. The summed E-state index contributed by atoms with van der Waals surface area (Å²) in [7, 11) is 1.57. The predicted molar refractivity (Wildman–Crippen MR) is 111 cm³/mol. The fourth-order valence-electron chi connectivity index (χ4n) is 3.70. The molecule has 0 atom stereocenters. The summed E-state index contributed by atoms with van der Waals surface area (Å²) >= 11 is 0. The number of halogens is 2. The monoisotopic (exact) mass is 430 g/mol. The van der Waals surface area contributed by atoms with E-state index in [9.17, 15) is 13.6 Å². The summed E-state index contributed by atoms with van der Waals surface area (Å²) in [6.45, 7) is 4.29. The lowest BCUT2D eigenvalue weighted by atomic mass is 10.1. The second-order valence-electron chi connectivity index (χ2n) is 7.30. The summed E-state index contributed by atoms with van der Waals surface area (Å²) in [4.78, 5) is 15.2. The van der Waals surface area contributed by atoms with Gasteiger partial charge in [0.15, 0.2) is 5.69 Å². The first kappa shape index (κ1) is 21.2. The molecule has 1 fully saturated rings. The minimum absolute atomic E-state index is 0.0713. The largest absolute Gasteiger partial charge is 0.494 e. The first-order valence-electron chi connectivity index (χ1n) is 10.1. The van der Waals surface area contributed by atoms with Gasteiger partial charge in [-0.3, -0.25) is 14.4 Å². The van der Waals surface area contributed by atoms with Crippen molar-refractivity contribution in [1.82, 2.24) is 20.0 Å². The minimum Gasteiger partial charge on any atom is -0.494 e. The summed E-state index contributed by atoms with van der Waals surface area (Å²) < 4.78 is 39.9. The number of nitrogens with one attached hydrogen (secondary N) is 1. The summed E-state index contributed by atoms with van der Waals surface area (Å²) in [5.74, 6) is -0.994. The molecule has 1 saturated heterocycles. The molecule has 31 heavy (non-hydrogen) atoms. The Hall–Kier alpha value is -3.04. The van der Waals surface area contributed by atoms with E-state index in [2.05, 4.69) is 15.3 Å². The van der Waals surface area contributed by atoms with Crippen LogP contribution in [0.15, 0.2) is 36.4 Å². The number of fused-ring (bicyclic) bond motifs is 1. The van der Waals surface area contributed by atoms with E-state index in [1.54, 1.807) is 23.9 Å². The van der Waals surface area contributed by atoms with Gasteiger partial charge in [0.2, 0.25) is 0 Å². The number of nitrogens with zero attached hydrogens (tertiary/aromatic N) is 3. The number of para-hydroxylation sites is 1. The van der Waals surface area contributed by atoms with Gasteiger partial charge in [-0.05, 0) is 24.3 Å². The number of aromatic nitrogens is 2. The van der Waals surface area contributed by atoms with Gasteiger partial charge >= 0.3 is 0 Å². The number of hydrogen-bond donors (Lipinski definition) is 1. The number of rotatable bonds is 7. The molecule has 1 amide bonds. The van der Waals surface area contributed by atoms with Gasteiger partial charge < -0.3 is 14.8 Å². The maximum Gasteiger partial charge on any atom is 0.272 e.